The molecule has 1 aromatic rings. The molecule has 1 amide bonds. The lowest BCUT2D eigenvalue weighted by molar-refractivity contribution is -0.152. The van der Waals surface area contributed by atoms with Crippen LogP contribution in [-0.4, -0.2) is 45.0 Å². The normalized spacial score (nSPS) is 10.3. The third-order valence-electron chi connectivity index (χ3n) is 2.51. The zero-order valence-corrected chi connectivity index (χ0v) is 12.7. The number of amides is 1. The maximum absolute atomic E-state index is 11.3. The van der Waals surface area contributed by atoms with E-state index in [9.17, 15) is 9.59 Å². The Bertz CT molecular complexity index is 499. The number of benzene rings is 1. The lowest BCUT2D eigenvalue weighted by Gasteiger charge is -2.04. The molecule has 0 saturated heterocycles. The number of esters is 1. The standard InChI is InChI=1S/C15H20N2O5/c1-3-8-16-14(18)10-21-15(19)11-22-17-9-12-4-6-13(20-2)7-5-12/h4-7,9H,3,8,10-11H2,1-2H3,(H,16,18)/b17-9-. The zero-order chi connectivity index (χ0) is 16.2. The topological polar surface area (TPSA) is 86.2 Å². The minimum Gasteiger partial charge on any atom is -0.497 e. The van der Waals surface area contributed by atoms with Gasteiger partial charge in [0.05, 0.1) is 13.3 Å². The fraction of sp³-hybridized carbons (Fsp3) is 0.400. The summed E-state index contributed by atoms with van der Waals surface area (Å²) in [6.45, 7) is 1.82. The monoisotopic (exact) mass is 308 g/mol. The van der Waals surface area contributed by atoms with E-state index in [1.54, 1.807) is 31.4 Å². The summed E-state index contributed by atoms with van der Waals surface area (Å²) in [7, 11) is 1.58. The first-order chi connectivity index (χ1) is 10.7. The summed E-state index contributed by atoms with van der Waals surface area (Å²) in [6, 6.07) is 7.15. The fourth-order valence-electron chi connectivity index (χ4n) is 1.38. The van der Waals surface area contributed by atoms with E-state index < -0.39 is 5.97 Å². The molecule has 0 atom stereocenters. The van der Waals surface area contributed by atoms with Crippen molar-refractivity contribution in [1.82, 2.24) is 5.32 Å². The lowest BCUT2D eigenvalue weighted by Crippen LogP contribution is -2.29. The first-order valence-electron chi connectivity index (χ1n) is 6.87. The number of hydrogen-bond donors (Lipinski definition) is 1. The van der Waals surface area contributed by atoms with E-state index in [2.05, 4.69) is 10.5 Å². The van der Waals surface area contributed by atoms with Crippen molar-refractivity contribution in [3.05, 3.63) is 29.8 Å². The van der Waals surface area contributed by atoms with E-state index in [-0.39, 0.29) is 19.1 Å². The van der Waals surface area contributed by atoms with Crippen molar-refractivity contribution in [3.63, 3.8) is 0 Å². The summed E-state index contributed by atoms with van der Waals surface area (Å²) < 4.78 is 9.74. The SMILES string of the molecule is CCCNC(=O)COC(=O)CO/N=C\c1ccc(OC)cc1. The van der Waals surface area contributed by atoms with Crippen molar-refractivity contribution < 1.29 is 23.9 Å². The predicted octanol–water partition coefficient (Wildman–Crippen LogP) is 1.12. The first-order valence-corrected chi connectivity index (χ1v) is 6.87. The van der Waals surface area contributed by atoms with Crippen molar-refractivity contribution in [2.45, 2.75) is 13.3 Å². The van der Waals surface area contributed by atoms with Gasteiger partial charge in [0, 0.05) is 6.54 Å². The van der Waals surface area contributed by atoms with Gasteiger partial charge in [-0.25, -0.2) is 4.79 Å². The third kappa shape index (κ3) is 7.28. The van der Waals surface area contributed by atoms with Crippen LogP contribution < -0.4 is 10.1 Å². The van der Waals surface area contributed by atoms with E-state index >= 15 is 0 Å². The van der Waals surface area contributed by atoms with E-state index in [0.717, 1.165) is 17.7 Å². The van der Waals surface area contributed by atoms with Crippen molar-refractivity contribution >= 4 is 18.1 Å². The van der Waals surface area contributed by atoms with Crippen LogP contribution in [0.15, 0.2) is 29.4 Å². The largest absolute Gasteiger partial charge is 0.497 e. The Hall–Kier alpha value is -2.57. The van der Waals surface area contributed by atoms with Crippen LogP contribution in [0.25, 0.3) is 0 Å². The summed E-state index contributed by atoms with van der Waals surface area (Å²) in [6.07, 6.45) is 2.28. The molecule has 22 heavy (non-hydrogen) atoms. The molecule has 0 aromatic heterocycles. The lowest BCUT2D eigenvalue weighted by atomic mass is 10.2. The molecule has 1 aromatic carbocycles. The minimum absolute atomic E-state index is 0.315. The summed E-state index contributed by atoms with van der Waals surface area (Å²) in [5.41, 5.74) is 0.799. The summed E-state index contributed by atoms with van der Waals surface area (Å²) >= 11 is 0. The highest BCUT2D eigenvalue weighted by Gasteiger charge is 2.07. The van der Waals surface area contributed by atoms with Gasteiger partial charge in [0.25, 0.3) is 5.91 Å². The van der Waals surface area contributed by atoms with Crippen LogP contribution in [0.1, 0.15) is 18.9 Å². The van der Waals surface area contributed by atoms with Crippen molar-refractivity contribution in [2.24, 2.45) is 5.16 Å². The summed E-state index contributed by atoms with van der Waals surface area (Å²) in [4.78, 5) is 27.3. The number of nitrogens with zero attached hydrogens (tertiary/aromatic N) is 1. The molecule has 0 unspecified atom stereocenters. The molecule has 0 spiro atoms. The highest BCUT2D eigenvalue weighted by atomic mass is 16.7. The molecule has 1 rings (SSSR count). The van der Waals surface area contributed by atoms with Crippen molar-refractivity contribution in [2.75, 3.05) is 26.9 Å². The molecule has 0 aliphatic rings. The number of carbonyl (C=O) groups is 2. The molecular weight excluding hydrogens is 288 g/mol. The molecule has 7 nitrogen and oxygen atoms in total. The molecule has 0 fully saturated rings. The molecule has 0 radical (unpaired) electrons. The molecule has 0 saturated carbocycles. The number of methoxy groups -OCH3 is 1. The van der Waals surface area contributed by atoms with Crippen molar-refractivity contribution in [3.8, 4) is 5.75 Å². The van der Waals surface area contributed by atoms with E-state index in [4.69, 9.17) is 14.3 Å². The average molecular weight is 308 g/mol. The van der Waals surface area contributed by atoms with E-state index in [0.29, 0.717) is 6.54 Å². The van der Waals surface area contributed by atoms with Gasteiger partial charge in [-0.3, -0.25) is 4.79 Å². The first kappa shape index (κ1) is 17.5. The molecule has 0 bridgehead atoms. The number of oxime groups is 1. The molecule has 0 heterocycles. The maximum atomic E-state index is 11.3. The predicted molar refractivity (Wildman–Crippen MR) is 80.8 cm³/mol. The molecule has 1 N–H and O–H groups in total. The molecule has 120 valence electrons. The van der Waals surface area contributed by atoms with Crippen LogP contribution in [-0.2, 0) is 19.2 Å². The maximum Gasteiger partial charge on any atom is 0.347 e. The van der Waals surface area contributed by atoms with Crippen LogP contribution in [0.3, 0.4) is 0 Å². The molecular formula is C15H20N2O5. The number of carbonyl (C=O) groups excluding carboxylic acids is 2. The zero-order valence-electron chi connectivity index (χ0n) is 12.7. The number of ether oxygens (including phenoxy) is 2. The van der Waals surface area contributed by atoms with Crippen molar-refractivity contribution in [1.29, 1.82) is 0 Å². The fourth-order valence-corrected chi connectivity index (χ4v) is 1.38. The Morgan fingerprint density at radius 1 is 1.23 bits per heavy atom. The van der Waals surface area contributed by atoms with Crippen LogP contribution in [0, 0.1) is 0 Å². The van der Waals surface area contributed by atoms with Gasteiger partial charge in [-0.05, 0) is 36.2 Å². The van der Waals surface area contributed by atoms with Gasteiger partial charge in [-0.2, -0.15) is 0 Å². The van der Waals surface area contributed by atoms with Gasteiger partial charge in [0.15, 0.2) is 6.61 Å². The van der Waals surface area contributed by atoms with Crippen LogP contribution in [0.5, 0.6) is 5.75 Å². The Kier molecular flexibility index (Phi) is 8.10. The second-order valence-electron chi connectivity index (χ2n) is 4.29. The highest BCUT2D eigenvalue weighted by Crippen LogP contribution is 2.09. The average Bonchev–Trinajstić information content (AvgIpc) is 2.55. The van der Waals surface area contributed by atoms with Crippen LogP contribution in [0.4, 0.5) is 0 Å². The Labute approximate surface area is 129 Å². The number of rotatable bonds is 9. The van der Waals surface area contributed by atoms with Gasteiger partial charge in [0.1, 0.15) is 5.75 Å². The third-order valence-corrected chi connectivity index (χ3v) is 2.51. The van der Waals surface area contributed by atoms with E-state index in [1.807, 2.05) is 6.92 Å². The molecule has 0 aliphatic carbocycles. The van der Waals surface area contributed by atoms with Crippen LogP contribution >= 0.6 is 0 Å². The smallest absolute Gasteiger partial charge is 0.347 e. The van der Waals surface area contributed by atoms with Crippen LogP contribution in [0.2, 0.25) is 0 Å². The Balaban J connectivity index is 2.20. The summed E-state index contributed by atoms with van der Waals surface area (Å²) in [5.74, 6) is -0.251. The quantitative estimate of drug-likeness (QED) is 0.419. The van der Waals surface area contributed by atoms with Gasteiger partial charge in [-0.15, -0.1) is 0 Å². The highest BCUT2D eigenvalue weighted by molar-refractivity contribution is 5.81. The molecule has 0 aliphatic heterocycles. The summed E-state index contributed by atoms with van der Waals surface area (Å²) in [5, 5.41) is 6.24. The molecule has 7 heteroatoms. The van der Waals surface area contributed by atoms with Gasteiger partial charge in [0.2, 0.25) is 6.61 Å². The van der Waals surface area contributed by atoms with Gasteiger partial charge >= 0.3 is 5.97 Å². The van der Waals surface area contributed by atoms with Gasteiger partial charge < -0.3 is 19.6 Å². The van der Waals surface area contributed by atoms with Gasteiger partial charge in [-0.1, -0.05) is 12.1 Å². The Morgan fingerprint density at radius 3 is 2.59 bits per heavy atom. The van der Waals surface area contributed by atoms with E-state index in [1.165, 1.54) is 6.21 Å². The second-order valence-corrected chi connectivity index (χ2v) is 4.29. The number of hydrogen-bond acceptors (Lipinski definition) is 6. The Morgan fingerprint density at radius 2 is 1.95 bits per heavy atom. The second kappa shape index (κ2) is 10.2. The minimum atomic E-state index is -0.654. The number of nitrogens with one attached hydrogen (secondary N) is 1.